The van der Waals surface area contributed by atoms with Crippen LogP contribution >= 0.6 is 0 Å². The van der Waals surface area contributed by atoms with E-state index in [4.69, 9.17) is 4.74 Å². The van der Waals surface area contributed by atoms with Crippen LogP contribution in [0.1, 0.15) is 43.0 Å². The van der Waals surface area contributed by atoms with Crippen molar-refractivity contribution in [3.05, 3.63) is 59.3 Å². The van der Waals surface area contributed by atoms with Crippen LogP contribution in [-0.4, -0.2) is 18.1 Å². The second-order valence-corrected chi connectivity index (χ2v) is 5.63. The van der Waals surface area contributed by atoms with Crippen LogP contribution in [-0.2, 0) is 6.42 Å². The Morgan fingerprint density at radius 3 is 2.82 bits per heavy atom. The third kappa shape index (κ3) is 4.85. The normalized spacial score (nSPS) is 12.1. The number of ether oxygens (including phenoxy) is 1. The van der Waals surface area contributed by atoms with Crippen molar-refractivity contribution in [3.8, 4) is 5.88 Å². The van der Waals surface area contributed by atoms with E-state index in [1.165, 1.54) is 23.1 Å². The van der Waals surface area contributed by atoms with Crippen molar-refractivity contribution >= 4 is 0 Å². The van der Waals surface area contributed by atoms with Gasteiger partial charge in [0.15, 0.2) is 0 Å². The molecule has 1 heterocycles. The zero-order valence-electron chi connectivity index (χ0n) is 13.8. The molecule has 0 bridgehead atoms. The standard InChI is InChI=1S/C19H26N2O/c1-4-7-17-14-18(10-9-15(17)2)16(3)20-12-13-22-19-8-5-6-11-21-19/h5-6,8-11,14,16,20H,4,7,12-13H2,1-3H3. The first-order chi connectivity index (χ1) is 10.7. The Hall–Kier alpha value is -1.87. The minimum Gasteiger partial charge on any atom is -0.476 e. The van der Waals surface area contributed by atoms with E-state index in [0.29, 0.717) is 18.5 Å². The molecular weight excluding hydrogens is 272 g/mol. The molecule has 1 aromatic heterocycles. The van der Waals surface area contributed by atoms with Crippen molar-refractivity contribution in [3.63, 3.8) is 0 Å². The first-order valence-electron chi connectivity index (χ1n) is 8.07. The van der Waals surface area contributed by atoms with Crippen LogP contribution in [0.4, 0.5) is 0 Å². The Kier molecular flexibility index (Phi) is 6.41. The molecule has 0 aliphatic rings. The summed E-state index contributed by atoms with van der Waals surface area (Å²) in [6.07, 6.45) is 4.08. The van der Waals surface area contributed by atoms with Gasteiger partial charge < -0.3 is 10.1 Å². The fraction of sp³-hybridized carbons (Fsp3) is 0.421. The van der Waals surface area contributed by atoms with Crippen molar-refractivity contribution in [1.82, 2.24) is 10.3 Å². The molecule has 0 spiro atoms. The quantitative estimate of drug-likeness (QED) is 0.746. The van der Waals surface area contributed by atoms with Crippen LogP contribution in [0.2, 0.25) is 0 Å². The van der Waals surface area contributed by atoms with Gasteiger partial charge in [-0.15, -0.1) is 0 Å². The highest BCUT2D eigenvalue weighted by molar-refractivity contribution is 5.32. The van der Waals surface area contributed by atoms with Gasteiger partial charge in [-0.1, -0.05) is 37.6 Å². The zero-order chi connectivity index (χ0) is 15.8. The highest BCUT2D eigenvalue weighted by Gasteiger charge is 2.07. The molecule has 118 valence electrons. The maximum atomic E-state index is 5.60. The summed E-state index contributed by atoms with van der Waals surface area (Å²) < 4.78 is 5.60. The lowest BCUT2D eigenvalue weighted by Gasteiger charge is -2.16. The smallest absolute Gasteiger partial charge is 0.213 e. The van der Waals surface area contributed by atoms with Gasteiger partial charge in [0.1, 0.15) is 6.61 Å². The molecule has 22 heavy (non-hydrogen) atoms. The zero-order valence-corrected chi connectivity index (χ0v) is 13.8. The predicted octanol–water partition coefficient (Wildman–Crippen LogP) is 4.07. The molecule has 0 radical (unpaired) electrons. The third-order valence-electron chi connectivity index (χ3n) is 3.83. The number of pyridine rings is 1. The second kappa shape index (κ2) is 8.54. The van der Waals surface area contributed by atoms with Gasteiger partial charge in [0, 0.05) is 24.8 Å². The Morgan fingerprint density at radius 2 is 2.09 bits per heavy atom. The number of aryl methyl sites for hydroxylation is 2. The lowest BCUT2D eigenvalue weighted by molar-refractivity contribution is 0.296. The minimum absolute atomic E-state index is 0.323. The van der Waals surface area contributed by atoms with Crippen molar-refractivity contribution in [1.29, 1.82) is 0 Å². The maximum Gasteiger partial charge on any atom is 0.213 e. The maximum absolute atomic E-state index is 5.60. The molecule has 0 saturated carbocycles. The first-order valence-corrected chi connectivity index (χ1v) is 8.07. The molecule has 0 aliphatic heterocycles. The Balaban J connectivity index is 1.82. The van der Waals surface area contributed by atoms with Gasteiger partial charge >= 0.3 is 0 Å². The molecule has 2 rings (SSSR count). The van der Waals surface area contributed by atoms with E-state index < -0.39 is 0 Å². The lowest BCUT2D eigenvalue weighted by Crippen LogP contribution is -2.24. The van der Waals surface area contributed by atoms with Crippen LogP contribution < -0.4 is 10.1 Å². The monoisotopic (exact) mass is 298 g/mol. The van der Waals surface area contributed by atoms with Gasteiger partial charge in [-0.05, 0) is 43.0 Å². The average Bonchev–Trinajstić information content (AvgIpc) is 2.54. The van der Waals surface area contributed by atoms with E-state index in [1.54, 1.807) is 6.20 Å². The fourth-order valence-electron chi connectivity index (χ4n) is 2.48. The second-order valence-electron chi connectivity index (χ2n) is 5.63. The lowest BCUT2D eigenvalue weighted by atomic mass is 9.98. The first kappa shape index (κ1) is 16.5. The molecule has 0 amide bonds. The topological polar surface area (TPSA) is 34.1 Å². The molecule has 3 nitrogen and oxygen atoms in total. The summed E-state index contributed by atoms with van der Waals surface area (Å²) in [5.41, 5.74) is 4.18. The van der Waals surface area contributed by atoms with E-state index in [0.717, 1.165) is 13.0 Å². The number of aromatic nitrogens is 1. The van der Waals surface area contributed by atoms with Gasteiger partial charge in [0.05, 0.1) is 0 Å². The number of nitrogens with zero attached hydrogens (tertiary/aromatic N) is 1. The third-order valence-corrected chi connectivity index (χ3v) is 3.83. The number of hydrogen-bond donors (Lipinski definition) is 1. The van der Waals surface area contributed by atoms with Gasteiger partial charge in [-0.3, -0.25) is 0 Å². The van der Waals surface area contributed by atoms with E-state index >= 15 is 0 Å². The number of hydrogen-bond acceptors (Lipinski definition) is 3. The summed E-state index contributed by atoms with van der Waals surface area (Å²) >= 11 is 0. The number of benzene rings is 1. The molecule has 3 heteroatoms. The minimum atomic E-state index is 0.323. The average molecular weight is 298 g/mol. The van der Waals surface area contributed by atoms with Gasteiger partial charge in [0.2, 0.25) is 5.88 Å². The summed E-state index contributed by atoms with van der Waals surface area (Å²) in [6, 6.07) is 12.8. The summed E-state index contributed by atoms with van der Waals surface area (Å²) in [6.45, 7) is 8.03. The van der Waals surface area contributed by atoms with Crippen LogP contribution in [0.3, 0.4) is 0 Å². The molecule has 2 aromatic rings. The van der Waals surface area contributed by atoms with Crippen LogP contribution in [0.5, 0.6) is 5.88 Å². The summed E-state index contributed by atoms with van der Waals surface area (Å²) in [5, 5.41) is 3.51. The number of nitrogens with one attached hydrogen (secondary N) is 1. The Labute approximate surface area is 133 Å². The highest BCUT2D eigenvalue weighted by atomic mass is 16.5. The van der Waals surface area contributed by atoms with Crippen LogP contribution in [0.15, 0.2) is 42.6 Å². The SMILES string of the molecule is CCCc1cc(C(C)NCCOc2ccccn2)ccc1C. The van der Waals surface area contributed by atoms with Gasteiger partial charge in [0.25, 0.3) is 0 Å². The summed E-state index contributed by atoms with van der Waals surface area (Å²) in [4.78, 5) is 4.15. The van der Waals surface area contributed by atoms with Gasteiger partial charge in [-0.25, -0.2) is 4.98 Å². The predicted molar refractivity (Wildman–Crippen MR) is 91.3 cm³/mol. The molecule has 1 atom stereocenters. The highest BCUT2D eigenvalue weighted by Crippen LogP contribution is 2.18. The van der Waals surface area contributed by atoms with E-state index in [-0.39, 0.29) is 0 Å². The van der Waals surface area contributed by atoms with Gasteiger partial charge in [-0.2, -0.15) is 0 Å². The summed E-state index contributed by atoms with van der Waals surface area (Å²) in [5.74, 6) is 0.678. The van der Waals surface area contributed by atoms with Crippen LogP contribution in [0.25, 0.3) is 0 Å². The largest absolute Gasteiger partial charge is 0.476 e. The molecular formula is C19H26N2O. The molecule has 0 fully saturated rings. The van der Waals surface area contributed by atoms with E-state index in [9.17, 15) is 0 Å². The molecule has 1 N–H and O–H groups in total. The van der Waals surface area contributed by atoms with Crippen molar-refractivity contribution in [2.45, 2.75) is 39.7 Å². The molecule has 1 unspecified atom stereocenters. The number of rotatable bonds is 8. The summed E-state index contributed by atoms with van der Waals surface area (Å²) in [7, 11) is 0. The van der Waals surface area contributed by atoms with Crippen molar-refractivity contribution in [2.24, 2.45) is 0 Å². The fourth-order valence-corrected chi connectivity index (χ4v) is 2.48. The molecule has 1 aromatic carbocycles. The molecule has 0 saturated heterocycles. The Bertz CT molecular complexity index is 569. The van der Waals surface area contributed by atoms with Crippen LogP contribution in [0, 0.1) is 6.92 Å². The van der Waals surface area contributed by atoms with E-state index in [2.05, 4.69) is 49.3 Å². The Morgan fingerprint density at radius 1 is 1.23 bits per heavy atom. The van der Waals surface area contributed by atoms with Crippen molar-refractivity contribution in [2.75, 3.05) is 13.2 Å². The molecule has 0 aliphatic carbocycles. The van der Waals surface area contributed by atoms with E-state index in [1.807, 2.05) is 18.2 Å². The van der Waals surface area contributed by atoms with Crippen molar-refractivity contribution < 1.29 is 4.74 Å².